The fourth-order valence-electron chi connectivity index (χ4n) is 2.38. The van der Waals surface area contributed by atoms with E-state index in [1.807, 2.05) is 0 Å². The van der Waals surface area contributed by atoms with Crippen molar-refractivity contribution in [2.45, 2.75) is 6.42 Å². The first-order chi connectivity index (χ1) is 12.6. The number of amides is 1. The normalized spacial score (nSPS) is 10.4. The molecule has 1 aromatic heterocycles. The van der Waals surface area contributed by atoms with Crippen LogP contribution in [0.4, 0.5) is 10.4 Å². The van der Waals surface area contributed by atoms with Gasteiger partial charge in [-0.3, -0.25) is 10.1 Å². The van der Waals surface area contributed by atoms with Crippen LogP contribution in [0.25, 0.3) is 0 Å². The van der Waals surface area contributed by atoms with E-state index < -0.39 is 5.91 Å². The number of anilines is 1. The highest BCUT2D eigenvalue weighted by Gasteiger charge is 2.18. The van der Waals surface area contributed by atoms with Crippen molar-refractivity contribution in [1.82, 2.24) is 10.2 Å². The first-order valence-electron chi connectivity index (χ1n) is 7.70. The minimum Gasteiger partial charge on any atom is -0.493 e. The minimum atomic E-state index is -0.474. The van der Waals surface area contributed by atoms with Crippen LogP contribution in [0, 0.1) is 5.82 Å². The van der Waals surface area contributed by atoms with E-state index in [0.717, 1.165) is 5.56 Å². The summed E-state index contributed by atoms with van der Waals surface area (Å²) in [4.78, 5) is 12.5. The number of hydrogen-bond acceptors (Lipinski definition) is 6. The number of hydrogen-bond donors (Lipinski definition) is 1. The van der Waals surface area contributed by atoms with Crippen LogP contribution in [0.1, 0.15) is 21.8 Å². The van der Waals surface area contributed by atoms with Crippen LogP contribution >= 0.6 is 0 Å². The van der Waals surface area contributed by atoms with Gasteiger partial charge in [0.15, 0.2) is 11.5 Å². The first-order valence-corrected chi connectivity index (χ1v) is 7.70. The molecule has 1 amide bonds. The number of methoxy groups -OCH3 is 2. The average Bonchev–Trinajstić information content (AvgIpc) is 3.09. The van der Waals surface area contributed by atoms with Crippen molar-refractivity contribution < 1.29 is 23.1 Å². The van der Waals surface area contributed by atoms with Gasteiger partial charge in [0, 0.05) is 0 Å². The molecule has 0 aliphatic heterocycles. The van der Waals surface area contributed by atoms with Crippen molar-refractivity contribution in [3.8, 4) is 11.5 Å². The van der Waals surface area contributed by atoms with Crippen LogP contribution in [-0.4, -0.2) is 30.3 Å². The van der Waals surface area contributed by atoms with E-state index in [2.05, 4.69) is 15.5 Å². The molecule has 3 aromatic rings. The Morgan fingerprint density at radius 1 is 1.12 bits per heavy atom. The number of rotatable bonds is 6. The van der Waals surface area contributed by atoms with Gasteiger partial charge in [0.1, 0.15) is 5.82 Å². The third-order valence-electron chi connectivity index (χ3n) is 3.60. The molecule has 0 unspecified atom stereocenters. The summed E-state index contributed by atoms with van der Waals surface area (Å²) in [6.07, 6.45) is 0.325. The van der Waals surface area contributed by atoms with Crippen molar-refractivity contribution in [1.29, 1.82) is 0 Å². The maximum absolute atomic E-state index is 12.9. The minimum absolute atomic E-state index is 0.0445. The smallest absolute Gasteiger partial charge is 0.322 e. The molecule has 0 saturated carbocycles. The number of nitrogens with zero attached hydrogens (tertiary/aromatic N) is 2. The second-order valence-corrected chi connectivity index (χ2v) is 5.30. The van der Waals surface area contributed by atoms with Crippen LogP contribution in [-0.2, 0) is 6.42 Å². The van der Waals surface area contributed by atoms with E-state index in [0.29, 0.717) is 23.8 Å². The summed E-state index contributed by atoms with van der Waals surface area (Å²) in [5.74, 6) is 0.239. The molecular formula is C18H16FN3O4. The Labute approximate surface area is 148 Å². The Kier molecular flexibility index (Phi) is 5.12. The van der Waals surface area contributed by atoms with Gasteiger partial charge in [-0.1, -0.05) is 23.3 Å². The van der Waals surface area contributed by atoms with Gasteiger partial charge in [0.2, 0.25) is 5.89 Å². The predicted octanol–water partition coefficient (Wildman–Crippen LogP) is 3.07. The number of carbonyl (C=O) groups is 1. The highest BCUT2D eigenvalue weighted by Crippen LogP contribution is 2.31. The van der Waals surface area contributed by atoms with Crippen molar-refractivity contribution in [2.24, 2.45) is 0 Å². The van der Waals surface area contributed by atoms with Crippen molar-refractivity contribution in [2.75, 3.05) is 19.5 Å². The predicted molar refractivity (Wildman–Crippen MR) is 91.0 cm³/mol. The highest BCUT2D eigenvalue weighted by molar-refractivity contribution is 6.05. The molecule has 8 heteroatoms. The third kappa shape index (κ3) is 3.80. The summed E-state index contributed by atoms with van der Waals surface area (Å²) in [5.41, 5.74) is 1.08. The van der Waals surface area contributed by atoms with Gasteiger partial charge in [-0.25, -0.2) is 4.39 Å². The standard InChI is InChI=1S/C18H16FN3O4/c1-24-14-5-3-4-13(16(14)25-2)17(23)20-18-22-21-15(26-18)10-11-6-8-12(19)9-7-11/h3-9H,10H2,1-2H3,(H,20,22,23). The monoisotopic (exact) mass is 357 g/mol. The second kappa shape index (κ2) is 7.64. The fourth-order valence-corrected chi connectivity index (χ4v) is 2.38. The molecule has 1 heterocycles. The molecule has 134 valence electrons. The number of aromatic nitrogens is 2. The molecule has 0 radical (unpaired) electrons. The Morgan fingerprint density at radius 3 is 2.58 bits per heavy atom. The third-order valence-corrected chi connectivity index (χ3v) is 3.60. The molecule has 0 saturated heterocycles. The van der Waals surface area contributed by atoms with Crippen molar-refractivity contribution in [3.63, 3.8) is 0 Å². The SMILES string of the molecule is COc1cccc(C(=O)Nc2nnc(Cc3ccc(F)cc3)o2)c1OC. The molecule has 1 N–H and O–H groups in total. The van der Waals surface area contributed by atoms with Gasteiger partial charge in [0.25, 0.3) is 5.91 Å². The molecule has 0 fully saturated rings. The molecule has 26 heavy (non-hydrogen) atoms. The van der Waals surface area contributed by atoms with E-state index >= 15 is 0 Å². The molecule has 2 aromatic carbocycles. The zero-order valence-electron chi connectivity index (χ0n) is 14.2. The molecule has 7 nitrogen and oxygen atoms in total. The van der Waals surface area contributed by atoms with E-state index in [9.17, 15) is 9.18 Å². The fraction of sp³-hybridized carbons (Fsp3) is 0.167. The van der Waals surface area contributed by atoms with Crippen LogP contribution in [0.2, 0.25) is 0 Å². The van der Waals surface area contributed by atoms with Gasteiger partial charge >= 0.3 is 6.01 Å². The second-order valence-electron chi connectivity index (χ2n) is 5.30. The zero-order chi connectivity index (χ0) is 18.5. The molecule has 0 aliphatic carbocycles. The molecular weight excluding hydrogens is 341 g/mol. The van der Waals surface area contributed by atoms with Gasteiger partial charge in [-0.2, -0.15) is 0 Å². The molecule has 0 aliphatic rings. The van der Waals surface area contributed by atoms with E-state index in [1.165, 1.54) is 26.4 Å². The maximum atomic E-state index is 12.9. The lowest BCUT2D eigenvalue weighted by molar-refractivity contribution is 0.102. The van der Waals surface area contributed by atoms with Crippen LogP contribution in [0.15, 0.2) is 46.9 Å². The lowest BCUT2D eigenvalue weighted by Crippen LogP contribution is -2.13. The molecule has 0 bridgehead atoms. The topological polar surface area (TPSA) is 86.5 Å². The van der Waals surface area contributed by atoms with Crippen LogP contribution in [0.5, 0.6) is 11.5 Å². The number of para-hydroxylation sites is 1. The maximum Gasteiger partial charge on any atom is 0.322 e. The van der Waals surface area contributed by atoms with Crippen LogP contribution in [0.3, 0.4) is 0 Å². The lowest BCUT2D eigenvalue weighted by atomic mass is 10.1. The zero-order valence-corrected chi connectivity index (χ0v) is 14.2. The Bertz CT molecular complexity index is 909. The quantitative estimate of drug-likeness (QED) is 0.730. The molecule has 0 spiro atoms. The van der Waals surface area contributed by atoms with E-state index in [-0.39, 0.29) is 17.4 Å². The largest absolute Gasteiger partial charge is 0.493 e. The summed E-state index contributed by atoms with van der Waals surface area (Å²) < 4.78 is 28.8. The number of carbonyl (C=O) groups excluding carboxylic acids is 1. The number of ether oxygens (including phenoxy) is 2. The summed E-state index contributed by atoms with van der Waals surface area (Å²) in [5, 5.41) is 10.2. The van der Waals surface area contributed by atoms with Gasteiger partial charge in [0.05, 0.1) is 26.2 Å². The summed E-state index contributed by atoms with van der Waals surface area (Å²) in [6.45, 7) is 0. The van der Waals surface area contributed by atoms with Crippen molar-refractivity contribution >= 4 is 11.9 Å². The molecule has 3 rings (SSSR count). The number of halogens is 1. The highest BCUT2D eigenvalue weighted by atomic mass is 19.1. The number of benzene rings is 2. The van der Waals surface area contributed by atoms with Gasteiger partial charge in [-0.15, -0.1) is 5.10 Å². The number of nitrogens with one attached hydrogen (secondary N) is 1. The Morgan fingerprint density at radius 2 is 1.88 bits per heavy atom. The summed E-state index contributed by atoms with van der Waals surface area (Å²) in [6, 6.07) is 10.8. The van der Waals surface area contributed by atoms with Crippen LogP contribution < -0.4 is 14.8 Å². The van der Waals surface area contributed by atoms with Crippen molar-refractivity contribution in [3.05, 3.63) is 65.3 Å². The van der Waals surface area contributed by atoms with E-state index in [4.69, 9.17) is 13.9 Å². The summed E-state index contributed by atoms with van der Waals surface area (Å²) >= 11 is 0. The lowest BCUT2D eigenvalue weighted by Gasteiger charge is -2.11. The van der Waals surface area contributed by atoms with Gasteiger partial charge < -0.3 is 13.9 Å². The van der Waals surface area contributed by atoms with E-state index in [1.54, 1.807) is 30.3 Å². The Balaban J connectivity index is 1.73. The molecule has 0 atom stereocenters. The Hall–Kier alpha value is -3.42. The first kappa shape index (κ1) is 17.4. The average molecular weight is 357 g/mol. The summed E-state index contributed by atoms with van der Waals surface area (Å²) in [7, 11) is 2.93. The van der Waals surface area contributed by atoms with Gasteiger partial charge in [-0.05, 0) is 29.8 Å².